The summed E-state index contributed by atoms with van der Waals surface area (Å²) >= 11 is 0. The molecular weight excluding hydrogens is 326 g/mol. The monoisotopic (exact) mass is 353 g/mol. The van der Waals surface area contributed by atoms with Gasteiger partial charge in [0.15, 0.2) is 0 Å². The van der Waals surface area contributed by atoms with Gasteiger partial charge < -0.3 is 15.5 Å². The summed E-state index contributed by atoms with van der Waals surface area (Å²) in [5.74, 6) is 0.276. The molecule has 0 aliphatic carbocycles. The highest BCUT2D eigenvalue weighted by atomic mass is 16.1. The molecule has 1 aliphatic heterocycles. The average Bonchev–Trinajstić information content (AvgIpc) is 2.67. The van der Waals surface area contributed by atoms with Crippen molar-refractivity contribution in [2.24, 2.45) is 0 Å². The molecule has 1 aromatic heterocycles. The highest BCUT2D eigenvalue weighted by Gasteiger charge is 2.12. The largest absolute Gasteiger partial charge is 0.372 e. The summed E-state index contributed by atoms with van der Waals surface area (Å²) in [5.41, 5.74) is 3.31. The summed E-state index contributed by atoms with van der Waals surface area (Å²) in [7, 11) is 0. The predicted molar refractivity (Wildman–Crippen MR) is 105 cm³/mol. The zero-order chi connectivity index (χ0) is 18.4. The van der Waals surface area contributed by atoms with Gasteiger partial charge in [0.2, 0.25) is 5.95 Å². The van der Waals surface area contributed by atoms with Crippen molar-refractivity contribution in [1.29, 1.82) is 0 Å². The summed E-state index contributed by atoms with van der Waals surface area (Å²) in [4.78, 5) is 23.3. The van der Waals surface area contributed by atoms with Crippen molar-refractivity contribution in [2.45, 2.75) is 39.5 Å². The maximum atomic E-state index is 12.1. The molecule has 0 bridgehead atoms. The molecule has 3 rings (SSSR count). The third-order valence-electron chi connectivity index (χ3n) is 4.47. The molecule has 0 unspecified atom stereocenters. The van der Waals surface area contributed by atoms with E-state index in [9.17, 15) is 4.79 Å². The molecule has 6 nitrogen and oxygen atoms in total. The van der Waals surface area contributed by atoms with Crippen molar-refractivity contribution in [3.63, 3.8) is 0 Å². The van der Waals surface area contributed by atoms with E-state index in [0.717, 1.165) is 30.9 Å². The van der Waals surface area contributed by atoms with Crippen molar-refractivity contribution < 1.29 is 4.79 Å². The normalized spacial score (nSPS) is 14.2. The van der Waals surface area contributed by atoms with E-state index in [1.54, 1.807) is 6.07 Å². The molecule has 6 heteroatoms. The maximum absolute atomic E-state index is 12.1. The summed E-state index contributed by atoms with van der Waals surface area (Å²) in [6.07, 6.45) is 4.75. The van der Waals surface area contributed by atoms with Crippen LogP contribution >= 0.6 is 0 Å². The lowest BCUT2D eigenvalue weighted by molar-refractivity contribution is 0.0948. The van der Waals surface area contributed by atoms with Crippen LogP contribution in [0.4, 0.5) is 17.3 Å². The van der Waals surface area contributed by atoms with Crippen LogP contribution in [-0.2, 0) is 0 Å². The van der Waals surface area contributed by atoms with Crippen LogP contribution in [0.1, 0.15) is 48.8 Å². The second-order valence-electron chi connectivity index (χ2n) is 6.69. The van der Waals surface area contributed by atoms with E-state index in [1.165, 1.54) is 24.9 Å². The molecule has 2 N–H and O–H groups in total. The molecule has 0 atom stereocenters. The summed E-state index contributed by atoms with van der Waals surface area (Å²) in [6.45, 7) is 6.78. The second kappa shape index (κ2) is 8.65. The van der Waals surface area contributed by atoms with Crippen LogP contribution in [0, 0.1) is 6.92 Å². The van der Waals surface area contributed by atoms with Gasteiger partial charge in [0.25, 0.3) is 5.91 Å². The van der Waals surface area contributed by atoms with Crippen LogP contribution in [0.5, 0.6) is 0 Å². The van der Waals surface area contributed by atoms with E-state index in [0.29, 0.717) is 18.2 Å². The number of aryl methyl sites for hydroxylation is 1. The Morgan fingerprint density at radius 2 is 1.85 bits per heavy atom. The van der Waals surface area contributed by atoms with Crippen LogP contribution < -0.4 is 15.5 Å². The number of nitrogens with zero attached hydrogens (tertiary/aromatic N) is 3. The number of hydrogen-bond donors (Lipinski definition) is 2. The Morgan fingerprint density at radius 3 is 2.54 bits per heavy atom. The summed E-state index contributed by atoms with van der Waals surface area (Å²) in [6, 6.07) is 10.0. The number of aromatic nitrogens is 2. The second-order valence-corrected chi connectivity index (χ2v) is 6.69. The minimum absolute atomic E-state index is 0.166. The lowest BCUT2D eigenvalue weighted by Gasteiger charge is -2.28. The standard InChI is InChI=1S/C20H27N5O/c1-3-11-21-19(26)18-14-15(2)22-20(24-18)23-16-7-9-17(10-8-16)25-12-5-4-6-13-25/h7-10,14H,3-6,11-13H2,1-2H3,(H,21,26)(H,22,23,24). The topological polar surface area (TPSA) is 70.2 Å². The van der Waals surface area contributed by atoms with Crippen molar-refractivity contribution in [3.8, 4) is 0 Å². The quantitative estimate of drug-likeness (QED) is 0.829. The first-order valence-corrected chi connectivity index (χ1v) is 9.41. The fourth-order valence-corrected chi connectivity index (χ4v) is 3.11. The van der Waals surface area contributed by atoms with Gasteiger partial charge in [-0.1, -0.05) is 6.92 Å². The number of nitrogens with one attached hydrogen (secondary N) is 2. The lowest BCUT2D eigenvalue weighted by atomic mass is 10.1. The Labute approximate surface area is 155 Å². The first-order chi connectivity index (χ1) is 12.7. The van der Waals surface area contributed by atoms with Gasteiger partial charge in [-0.3, -0.25) is 4.79 Å². The van der Waals surface area contributed by atoms with Crippen molar-refractivity contribution in [3.05, 3.63) is 41.7 Å². The predicted octanol–water partition coefficient (Wildman–Crippen LogP) is 3.66. The number of carbonyl (C=O) groups excluding carboxylic acids is 1. The Balaban J connectivity index is 1.70. The van der Waals surface area contributed by atoms with Crippen molar-refractivity contribution in [1.82, 2.24) is 15.3 Å². The van der Waals surface area contributed by atoms with Gasteiger partial charge in [0.05, 0.1) is 0 Å². The molecule has 138 valence electrons. The van der Waals surface area contributed by atoms with Crippen LogP contribution in [0.3, 0.4) is 0 Å². The summed E-state index contributed by atoms with van der Waals surface area (Å²) in [5, 5.41) is 6.05. The Kier molecular flexibility index (Phi) is 6.04. The molecule has 0 radical (unpaired) electrons. The molecule has 1 fully saturated rings. The molecule has 2 heterocycles. The van der Waals surface area contributed by atoms with E-state index in [2.05, 4.69) is 37.6 Å². The van der Waals surface area contributed by atoms with E-state index in [-0.39, 0.29) is 5.91 Å². The van der Waals surface area contributed by atoms with E-state index < -0.39 is 0 Å². The van der Waals surface area contributed by atoms with Crippen LogP contribution in [0.25, 0.3) is 0 Å². The fraction of sp³-hybridized carbons (Fsp3) is 0.450. The van der Waals surface area contributed by atoms with Gasteiger partial charge in [0.1, 0.15) is 5.69 Å². The van der Waals surface area contributed by atoms with Crippen LogP contribution in [0.15, 0.2) is 30.3 Å². The first kappa shape index (κ1) is 18.2. The van der Waals surface area contributed by atoms with Crippen molar-refractivity contribution in [2.75, 3.05) is 29.9 Å². The smallest absolute Gasteiger partial charge is 0.270 e. The third-order valence-corrected chi connectivity index (χ3v) is 4.47. The lowest BCUT2D eigenvalue weighted by Crippen LogP contribution is -2.29. The molecular formula is C20H27N5O. The van der Waals surface area contributed by atoms with Gasteiger partial charge in [-0.15, -0.1) is 0 Å². The van der Waals surface area contributed by atoms with E-state index in [1.807, 2.05) is 26.0 Å². The molecule has 1 aromatic carbocycles. The summed E-state index contributed by atoms with van der Waals surface area (Å²) < 4.78 is 0. The van der Waals surface area contributed by atoms with Gasteiger partial charge in [0, 0.05) is 36.7 Å². The van der Waals surface area contributed by atoms with E-state index >= 15 is 0 Å². The Hall–Kier alpha value is -2.63. The number of amides is 1. The number of hydrogen-bond acceptors (Lipinski definition) is 5. The first-order valence-electron chi connectivity index (χ1n) is 9.41. The molecule has 1 aliphatic rings. The van der Waals surface area contributed by atoms with Gasteiger partial charge in [-0.25, -0.2) is 9.97 Å². The molecule has 0 spiro atoms. The zero-order valence-electron chi connectivity index (χ0n) is 15.6. The zero-order valence-corrected chi connectivity index (χ0v) is 15.6. The van der Waals surface area contributed by atoms with Gasteiger partial charge >= 0.3 is 0 Å². The molecule has 26 heavy (non-hydrogen) atoms. The highest BCUT2D eigenvalue weighted by Crippen LogP contribution is 2.23. The minimum atomic E-state index is -0.166. The Morgan fingerprint density at radius 1 is 1.12 bits per heavy atom. The van der Waals surface area contributed by atoms with Crippen molar-refractivity contribution >= 4 is 23.2 Å². The number of carbonyl (C=O) groups is 1. The van der Waals surface area contributed by atoms with Crippen LogP contribution in [-0.4, -0.2) is 35.5 Å². The Bertz CT molecular complexity index is 738. The number of rotatable bonds is 6. The van der Waals surface area contributed by atoms with Gasteiger partial charge in [-0.2, -0.15) is 0 Å². The number of benzene rings is 1. The average molecular weight is 353 g/mol. The highest BCUT2D eigenvalue weighted by molar-refractivity contribution is 5.92. The molecule has 1 saturated heterocycles. The van der Waals surface area contributed by atoms with Crippen LogP contribution in [0.2, 0.25) is 0 Å². The fourth-order valence-electron chi connectivity index (χ4n) is 3.11. The van der Waals surface area contributed by atoms with Gasteiger partial charge in [-0.05, 0) is 62.9 Å². The SMILES string of the molecule is CCCNC(=O)c1cc(C)nc(Nc2ccc(N3CCCCC3)cc2)n1. The third kappa shape index (κ3) is 4.71. The molecule has 2 aromatic rings. The molecule has 0 saturated carbocycles. The molecule has 1 amide bonds. The van der Waals surface area contributed by atoms with E-state index in [4.69, 9.17) is 0 Å². The minimum Gasteiger partial charge on any atom is -0.372 e. The number of piperidine rings is 1. The maximum Gasteiger partial charge on any atom is 0.270 e. The number of anilines is 3.